The molecular weight excluding hydrogens is 452 g/mol. The van der Waals surface area contributed by atoms with Crippen LogP contribution in [0.25, 0.3) is 0 Å². The van der Waals surface area contributed by atoms with E-state index in [2.05, 4.69) is 5.32 Å². The minimum Gasteiger partial charge on any atom is -0.321 e. The first-order valence-electron chi connectivity index (χ1n) is 8.68. The number of benzene rings is 3. The van der Waals surface area contributed by atoms with E-state index in [1.54, 1.807) is 36.4 Å². The third-order valence-corrected chi connectivity index (χ3v) is 7.08. The Morgan fingerprint density at radius 1 is 0.967 bits per heavy atom. The number of carbonyl (C=O) groups is 1. The highest BCUT2D eigenvalue weighted by Crippen LogP contribution is 2.37. The Morgan fingerprint density at radius 2 is 1.63 bits per heavy atom. The second-order valence-electron chi connectivity index (χ2n) is 6.22. The number of alkyl halides is 2. The van der Waals surface area contributed by atoms with Gasteiger partial charge in [0.25, 0.3) is 11.7 Å². The molecule has 1 amide bonds. The summed E-state index contributed by atoms with van der Waals surface area (Å²) in [6.45, 7) is 0. The van der Waals surface area contributed by atoms with E-state index in [9.17, 15) is 22.0 Å². The molecule has 0 aliphatic rings. The van der Waals surface area contributed by atoms with Gasteiger partial charge in [0.2, 0.25) is 0 Å². The Morgan fingerprint density at radius 3 is 2.27 bits per heavy atom. The SMILES string of the molecule is O=C(Nc1cccc(Cl)c1SC(F)F)c1ccc(CS(=O)(=O)c2ccccc2)cc1. The first-order valence-corrected chi connectivity index (χ1v) is 11.6. The summed E-state index contributed by atoms with van der Waals surface area (Å²) in [4.78, 5) is 12.8. The second-order valence-corrected chi connectivity index (χ2v) is 9.62. The van der Waals surface area contributed by atoms with E-state index in [0.29, 0.717) is 5.56 Å². The van der Waals surface area contributed by atoms with Crippen LogP contribution in [0.2, 0.25) is 5.02 Å². The molecule has 0 atom stereocenters. The predicted octanol–water partition coefficient (Wildman–Crippen LogP) is 5.88. The number of carbonyl (C=O) groups excluding carboxylic acids is 1. The number of thioether (sulfide) groups is 1. The van der Waals surface area contributed by atoms with E-state index in [1.165, 1.54) is 36.4 Å². The van der Waals surface area contributed by atoms with Crippen molar-refractivity contribution in [3.8, 4) is 0 Å². The first kappa shape index (κ1) is 22.3. The van der Waals surface area contributed by atoms with E-state index in [0.717, 1.165) is 0 Å². The Labute approximate surface area is 182 Å². The summed E-state index contributed by atoms with van der Waals surface area (Å²) in [5.74, 6) is -3.42. The molecule has 0 aliphatic carbocycles. The molecule has 0 fully saturated rings. The van der Waals surface area contributed by atoms with E-state index >= 15 is 0 Å². The summed E-state index contributed by atoms with van der Waals surface area (Å²) in [5.41, 5.74) is 0.949. The van der Waals surface area contributed by atoms with Gasteiger partial charge in [-0.2, -0.15) is 8.78 Å². The van der Waals surface area contributed by atoms with Gasteiger partial charge in [-0.25, -0.2) is 8.42 Å². The number of sulfone groups is 1. The van der Waals surface area contributed by atoms with Crippen molar-refractivity contribution in [2.24, 2.45) is 0 Å². The lowest BCUT2D eigenvalue weighted by Crippen LogP contribution is -2.13. The lowest BCUT2D eigenvalue weighted by atomic mass is 10.1. The van der Waals surface area contributed by atoms with Crippen LogP contribution in [0.15, 0.2) is 82.6 Å². The molecule has 0 saturated heterocycles. The number of amides is 1. The fourth-order valence-electron chi connectivity index (χ4n) is 2.69. The lowest BCUT2D eigenvalue weighted by Gasteiger charge is -2.12. The highest BCUT2D eigenvalue weighted by molar-refractivity contribution is 7.99. The summed E-state index contributed by atoms with van der Waals surface area (Å²) in [6, 6.07) is 18.6. The summed E-state index contributed by atoms with van der Waals surface area (Å²) in [5, 5.41) is 2.68. The van der Waals surface area contributed by atoms with Crippen LogP contribution in [0.3, 0.4) is 0 Å². The largest absolute Gasteiger partial charge is 0.321 e. The molecule has 4 nitrogen and oxygen atoms in total. The third-order valence-electron chi connectivity index (χ3n) is 4.10. The molecular formula is C21H16ClF2NO3S2. The average Bonchev–Trinajstić information content (AvgIpc) is 2.71. The summed E-state index contributed by atoms with van der Waals surface area (Å²) >= 11 is 6.22. The summed E-state index contributed by atoms with van der Waals surface area (Å²) in [6.07, 6.45) is 0. The van der Waals surface area contributed by atoms with Crippen molar-refractivity contribution in [3.63, 3.8) is 0 Å². The van der Waals surface area contributed by atoms with Crippen molar-refractivity contribution < 1.29 is 22.0 Å². The van der Waals surface area contributed by atoms with Gasteiger partial charge in [-0.15, -0.1) is 0 Å². The monoisotopic (exact) mass is 467 g/mol. The zero-order valence-electron chi connectivity index (χ0n) is 15.4. The first-order chi connectivity index (χ1) is 14.3. The molecule has 0 heterocycles. The highest BCUT2D eigenvalue weighted by atomic mass is 35.5. The van der Waals surface area contributed by atoms with Gasteiger partial charge in [-0.3, -0.25) is 4.79 Å². The van der Waals surface area contributed by atoms with Gasteiger partial charge in [0, 0.05) is 5.56 Å². The molecule has 156 valence electrons. The maximum Gasteiger partial charge on any atom is 0.289 e. The average molecular weight is 468 g/mol. The number of anilines is 1. The van der Waals surface area contributed by atoms with Crippen LogP contribution < -0.4 is 5.32 Å². The highest BCUT2D eigenvalue weighted by Gasteiger charge is 2.17. The topological polar surface area (TPSA) is 63.2 Å². The van der Waals surface area contributed by atoms with Crippen LogP contribution in [0.5, 0.6) is 0 Å². The minimum atomic E-state index is -3.51. The van der Waals surface area contributed by atoms with E-state index in [1.807, 2.05) is 0 Å². The number of halogens is 3. The molecule has 3 aromatic carbocycles. The van der Waals surface area contributed by atoms with Crippen molar-refractivity contribution in [2.45, 2.75) is 21.3 Å². The van der Waals surface area contributed by atoms with Crippen molar-refractivity contribution in [2.75, 3.05) is 5.32 Å². The number of hydrogen-bond donors (Lipinski definition) is 1. The number of nitrogens with one attached hydrogen (secondary N) is 1. The molecule has 1 N–H and O–H groups in total. The van der Waals surface area contributed by atoms with Crippen molar-refractivity contribution in [3.05, 3.63) is 88.9 Å². The zero-order valence-corrected chi connectivity index (χ0v) is 17.8. The van der Waals surface area contributed by atoms with E-state index in [4.69, 9.17) is 11.6 Å². The van der Waals surface area contributed by atoms with Gasteiger partial charge < -0.3 is 5.32 Å². The summed E-state index contributed by atoms with van der Waals surface area (Å²) in [7, 11) is -3.51. The summed E-state index contributed by atoms with van der Waals surface area (Å²) < 4.78 is 50.5. The van der Waals surface area contributed by atoms with Crippen LogP contribution in [0.1, 0.15) is 15.9 Å². The third kappa shape index (κ3) is 5.59. The van der Waals surface area contributed by atoms with Crippen LogP contribution in [0, 0.1) is 0 Å². The maximum absolute atomic E-state index is 12.8. The standard InChI is InChI=1S/C21H16ClF2NO3S2/c22-17-7-4-8-18(19(17)29-21(23)24)25-20(26)15-11-9-14(10-12-15)13-30(27,28)16-5-2-1-3-6-16/h1-12,21H,13H2,(H,25,26). The smallest absolute Gasteiger partial charge is 0.289 e. The van der Waals surface area contributed by atoms with Gasteiger partial charge in [0.05, 0.1) is 26.3 Å². The second kappa shape index (κ2) is 9.59. The quantitative estimate of drug-likeness (QED) is 0.441. The zero-order chi connectivity index (χ0) is 21.7. The predicted molar refractivity (Wildman–Crippen MR) is 115 cm³/mol. The Balaban J connectivity index is 1.74. The van der Waals surface area contributed by atoms with Gasteiger partial charge in [0.15, 0.2) is 9.84 Å². The van der Waals surface area contributed by atoms with E-state index in [-0.39, 0.29) is 43.6 Å². The molecule has 3 rings (SSSR count). The molecule has 30 heavy (non-hydrogen) atoms. The minimum absolute atomic E-state index is 0.0769. The molecule has 0 saturated carbocycles. The van der Waals surface area contributed by atoms with Crippen molar-refractivity contribution in [1.82, 2.24) is 0 Å². The van der Waals surface area contributed by atoms with Crippen molar-refractivity contribution in [1.29, 1.82) is 0 Å². The fraction of sp³-hybridized carbons (Fsp3) is 0.0952. The van der Waals surface area contributed by atoms with Crippen LogP contribution in [-0.4, -0.2) is 20.1 Å². The molecule has 3 aromatic rings. The Bertz CT molecular complexity index is 1140. The van der Waals surface area contributed by atoms with Gasteiger partial charge in [0.1, 0.15) is 0 Å². The number of hydrogen-bond acceptors (Lipinski definition) is 4. The molecule has 9 heteroatoms. The van der Waals surface area contributed by atoms with Crippen LogP contribution >= 0.6 is 23.4 Å². The normalized spacial score (nSPS) is 11.5. The van der Waals surface area contributed by atoms with Crippen LogP contribution in [0.4, 0.5) is 14.5 Å². The molecule has 0 spiro atoms. The molecule has 0 unspecified atom stereocenters. The maximum atomic E-state index is 12.8. The van der Waals surface area contributed by atoms with Crippen molar-refractivity contribution >= 4 is 44.8 Å². The molecule has 0 radical (unpaired) electrons. The lowest BCUT2D eigenvalue weighted by molar-refractivity contribution is 0.102. The Kier molecular flexibility index (Phi) is 7.12. The molecule has 0 aliphatic heterocycles. The van der Waals surface area contributed by atoms with Crippen LogP contribution in [-0.2, 0) is 15.6 Å². The molecule has 0 aromatic heterocycles. The van der Waals surface area contributed by atoms with E-state index < -0.39 is 21.5 Å². The van der Waals surface area contributed by atoms with Gasteiger partial charge in [-0.05, 0) is 42.0 Å². The Hall–Kier alpha value is -2.42. The fourth-order valence-corrected chi connectivity index (χ4v) is 4.98. The van der Waals surface area contributed by atoms with Gasteiger partial charge in [-0.1, -0.05) is 59.8 Å². The van der Waals surface area contributed by atoms with Gasteiger partial charge >= 0.3 is 0 Å². The number of rotatable bonds is 7. The molecule has 0 bridgehead atoms.